The summed E-state index contributed by atoms with van der Waals surface area (Å²) in [4.78, 5) is 23.9. The molecule has 0 saturated heterocycles. The Morgan fingerprint density at radius 2 is 1.74 bits per heavy atom. The molecule has 5 nitrogen and oxygen atoms in total. The fourth-order valence-electron chi connectivity index (χ4n) is 3.00. The van der Waals surface area contributed by atoms with Crippen molar-refractivity contribution in [3.05, 3.63) is 102 Å². The van der Waals surface area contributed by atoms with E-state index in [4.69, 9.17) is 4.74 Å². The molecule has 0 atom stereocenters. The monoisotopic (exact) mass is 491 g/mol. The summed E-state index contributed by atoms with van der Waals surface area (Å²) in [6.07, 6.45) is 1.67. The van der Waals surface area contributed by atoms with Gasteiger partial charge in [0, 0.05) is 22.5 Å². The number of rotatable bonds is 9. The molecule has 8 heteroatoms. The third kappa shape index (κ3) is 6.59. The van der Waals surface area contributed by atoms with E-state index in [1.807, 2.05) is 49.4 Å². The van der Waals surface area contributed by atoms with Crippen LogP contribution >= 0.6 is 23.5 Å². The first-order chi connectivity index (χ1) is 16.6. The summed E-state index contributed by atoms with van der Waals surface area (Å²) in [6.45, 7) is 2.49. The lowest BCUT2D eigenvalue weighted by atomic mass is 10.2. The second kappa shape index (κ2) is 11.7. The van der Waals surface area contributed by atoms with Gasteiger partial charge in [0.2, 0.25) is 0 Å². The maximum atomic E-state index is 13.2. The van der Waals surface area contributed by atoms with Gasteiger partial charge in [0.05, 0.1) is 11.5 Å². The molecule has 0 aliphatic rings. The molecule has 172 valence electrons. The van der Waals surface area contributed by atoms with Gasteiger partial charge in [-0.2, -0.15) is 0 Å². The van der Waals surface area contributed by atoms with Crippen molar-refractivity contribution >= 4 is 35.1 Å². The zero-order valence-corrected chi connectivity index (χ0v) is 20.0. The van der Waals surface area contributed by atoms with E-state index in [9.17, 15) is 9.18 Å². The number of benzene rings is 3. The Morgan fingerprint density at radius 3 is 2.44 bits per heavy atom. The van der Waals surface area contributed by atoms with Crippen molar-refractivity contribution in [3.63, 3.8) is 0 Å². The van der Waals surface area contributed by atoms with Gasteiger partial charge in [0.1, 0.15) is 17.3 Å². The van der Waals surface area contributed by atoms with E-state index >= 15 is 0 Å². The highest BCUT2D eigenvalue weighted by Crippen LogP contribution is 2.31. The van der Waals surface area contributed by atoms with Crippen molar-refractivity contribution in [3.8, 4) is 5.75 Å². The lowest BCUT2D eigenvalue weighted by Gasteiger charge is -2.11. The van der Waals surface area contributed by atoms with Gasteiger partial charge < -0.3 is 10.1 Å². The number of nitrogens with zero attached hydrogens (tertiary/aromatic N) is 2. The number of aromatic nitrogens is 2. The van der Waals surface area contributed by atoms with Gasteiger partial charge in [-0.3, -0.25) is 4.79 Å². The second-order valence-electron chi connectivity index (χ2n) is 7.11. The van der Waals surface area contributed by atoms with Crippen LogP contribution in [0.4, 0.5) is 10.1 Å². The first-order valence-electron chi connectivity index (χ1n) is 10.6. The lowest BCUT2D eigenvalue weighted by molar-refractivity contribution is 0.101. The minimum Gasteiger partial charge on any atom is -0.494 e. The van der Waals surface area contributed by atoms with E-state index < -0.39 is 0 Å². The lowest BCUT2D eigenvalue weighted by Crippen LogP contribution is -2.16. The molecular weight excluding hydrogens is 469 g/mol. The van der Waals surface area contributed by atoms with E-state index in [1.165, 1.54) is 35.7 Å². The molecule has 0 aliphatic carbocycles. The summed E-state index contributed by atoms with van der Waals surface area (Å²) >= 11 is 2.82. The molecule has 1 amide bonds. The molecule has 4 aromatic rings. The molecule has 1 heterocycles. The molecular formula is C26H22FN3O2S2. The van der Waals surface area contributed by atoms with Crippen molar-refractivity contribution in [1.82, 2.24) is 9.97 Å². The Bertz CT molecular complexity index is 1240. The predicted octanol–water partition coefficient (Wildman–Crippen LogP) is 6.71. The van der Waals surface area contributed by atoms with Gasteiger partial charge in [-0.1, -0.05) is 53.9 Å². The highest BCUT2D eigenvalue weighted by Gasteiger charge is 2.17. The van der Waals surface area contributed by atoms with Gasteiger partial charge in [-0.25, -0.2) is 14.4 Å². The van der Waals surface area contributed by atoms with Crippen molar-refractivity contribution in [2.75, 3.05) is 11.9 Å². The summed E-state index contributed by atoms with van der Waals surface area (Å²) in [5.74, 6) is 0.697. The number of ether oxygens (including phenoxy) is 1. The summed E-state index contributed by atoms with van der Waals surface area (Å²) in [6, 6.07) is 23.2. The van der Waals surface area contributed by atoms with Crippen LogP contribution < -0.4 is 10.1 Å². The van der Waals surface area contributed by atoms with Gasteiger partial charge in [-0.05, 0) is 61.0 Å². The quantitative estimate of drug-likeness (QED) is 0.207. The van der Waals surface area contributed by atoms with Crippen LogP contribution in [-0.2, 0) is 5.75 Å². The summed E-state index contributed by atoms with van der Waals surface area (Å²) in [7, 11) is 0. The zero-order valence-electron chi connectivity index (χ0n) is 18.4. The Kier molecular flexibility index (Phi) is 8.17. The first-order valence-corrected chi connectivity index (χ1v) is 12.4. The average Bonchev–Trinajstić information content (AvgIpc) is 2.86. The van der Waals surface area contributed by atoms with Crippen LogP contribution in [0.1, 0.15) is 23.0 Å². The average molecular weight is 492 g/mol. The van der Waals surface area contributed by atoms with Crippen molar-refractivity contribution in [2.24, 2.45) is 0 Å². The molecule has 0 radical (unpaired) electrons. The van der Waals surface area contributed by atoms with Crippen LogP contribution in [0.15, 0.2) is 100 Å². The second-order valence-corrected chi connectivity index (χ2v) is 9.17. The summed E-state index contributed by atoms with van der Waals surface area (Å²) in [5, 5.41) is 3.38. The maximum absolute atomic E-state index is 13.2. The number of anilines is 1. The molecule has 4 rings (SSSR count). The molecule has 0 unspecified atom stereocenters. The molecule has 3 aromatic carbocycles. The van der Waals surface area contributed by atoms with Gasteiger partial charge in [0.25, 0.3) is 5.91 Å². The van der Waals surface area contributed by atoms with Gasteiger partial charge >= 0.3 is 0 Å². The Balaban J connectivity index is 1.55. The van der Waals surface area contributed by atoms with Gasteiger partial charge in [0.15, 0.2) is 5.16 Å². The van der Waals surface area contributed by atoms with Crippen molar-refractivity contribution < 1.29 is 13.9 Å². The number of amides is 1. The summed E-state index contributed by atoms with van der Waals surface area (Å²) in [5.41, 5.74) is 1.88. The third-order valence-corrected chi connectivity index (χ3v) is 6.58. The molecule has 34 heavy (non-hydrogen) atoms. The standard InChI is InChI=1S/C26H22FN3O2S2/c1-2-32-21-14-12-20(13-15-21)29-25(31)24-23(34-22-6-4-3-5-7-22)16-28-26(30-24)33-17-18-8-10-19(27)11-9-18/h3-16H,2,17H2,1H3,(H,29,31). The number of carbonyl (C=O) groups excluding carboxylic acids is 1. The van der Waals surface area contributed by atoms with Crippen LogP contribution in [0.3, 0.4) is 0 Å². The fourth-order valence-corrected chi connectivity index (χ4v) is 4.66. The molecule has 0 spiro atoms. The van der Waals surface area contributed by atoms with Crippen molar-refractivity contribution in [2.45, 2.75) is 27.6 Å². The zero-order chi connectivity index (χ0) is 23.8. The molecule has 0 fully saturated rings. The minimum absolute atomic E-state index is 0.277. The highest BCUT2D eigenvalue weighted by atomic mass is 32.2. The molecule has 1 N–H and O–H groups in total. The van der Waals surface area contributed by atoms with E-state index in [0.717, 1.165) is 16.2 Å². The van der Waals surface area contributed by atoms with Crippen molar-refractivity contribution in [1.29, 1.82) is 0 Å². The minimum atomic E-state index is -0.325. The fraction of sp³-hybridized carbons (Fsp3) is 0.115. The van der Waals surface area contributed by atoms with E-state index in [2.05, 4.69) is 15.3 Å². The molecule has 0 saturated carbocycles. The maximum Gasteiger partial charge on any atom is 0.275 e. The van der Waals surface area contributed by atoms with Crippen LogP contribution in [0.25, 0.3) is 0 Å². The Hall–Kier alpha value is -3.36. The number of carbonyl (C=O) groups is 1. The number of nitrogens with one attached hydrogen (secondary N) is 1. The summed E-state index contributed by atoms with van der Waals surface area (Å²) < 4.78 is 18.6. The van der Waals surface area contributed by atoms with Crippen LogP contribution in [0.2, 0.25) is 0 Å². The van der Waals surface area contributed by atoms with E-state index in [1.54, 1.807) is 30.5 Å². The smallest absolute Gasteiger partial charge is 0.275 e. The van der Waals surface area contributed by atoms with Gasteiger partial charge in [-0.15, -0.1) is 0 Å². The number of thioether (sulfide) groups is 1. The van der Waals surface area contributed by atoms with Crippen LogP contribution in [-0.4, -0.2) is 22.5 Å². The topological polar surface area (TPSA) is 64.1 Å². The Labute approximate surface area is 206 Å². The molecule has 0 aliphatic heterocycles. The molecule has 1 aromatic heterocycles. The van der Waals surface area contributed by atoms with Crippen LogP contribution in [0.5, 0.6) is 5.75 Å². The third-order valence-electron chi connectivity index (χ3n) is 4.62. The highest BCUT2D eigenvalue weighted by molar-refractivity contribution is 7.99. The predicted molar refractivity (Wildman–Crippen MR) is 134 cm³/mol. The van der Waals surface area contributed by atoms with E-state index in [-0.39, 0.29) is 11.7 Å². The SMILES string of the molecule is CCOc1ccc(NC(=O)c2nc(SCc3ccc(F)cc3)ncc2Sc2ccccc2)cc1. The number of hydrogen-bond acceptors (Lipinski definition) is 6. The number of halogens is 1. The van der Waals surface area contributed by atoms with E-state index in [0.29, 0.717) is 33.8 Å². The first kappa shape index (κ1) is 23.8. The molecule has 0 bridgehead atoms. The largest absolute Gasteiger partial charge is 0.494 e. The Morgan fingerprint density at radius 1 is 1.00 bits per heavy atom. The van der Waals surface area contributed by atoms with Crippen LogP contribution in [0, 0.1) is 5.82 Å². The normalized spacial score (nSPS) is 10.6. The number of hydrogen-bond donors (Lipinski definition) is 1.